The number of rotatable bonds is 0. The first kappa shape index (κ1) is 65.5. The van der Waals surface area contributed by atoms with E-state index >= 15 is 0 Å². The van der Waals surface area contributed by atoms with Gasteiger partial charge in [-0.15, -0.1) is 0 Å². The van der Waals surface area contributed by atoms with Gasteiger partial charge in [-0.2, -0.15) is 0 Å². The molecule has 0 atom stereocenters. The summed E-state index contributed by atoms with van der Waals surface area (Å²) in [5, 5.41) is 0. The molecular formula is H2AlCaO2Si. The smallest absolute Gasteiger partial charge is 2.00 e. The van der Waals surface area contributed by atoms with Gasteiger partial charge in [-0.1, -0.05) is 0 Å². The van der Waals surface area contributed by atoms with Crippen LogP contribution in [0.1, 0.15) is 0 Å². The van der Waals surface area contributed by atoms with E-state index in [1.807, 2.05) is 0 Å². The summed E-state index contributed by atoms with van der Waals surface area (Å²) in [5.41, 5.74) is 0. The molecule has 2 nitrogen and oxygen atoms in total. The third kappa shape index (κ3) is 24.6. The molecule has 5 heteroatoms. The fourth-order valence-electron chi connectivity index (χ4n) is 0. The van der Waals surface area contributed by atoms with Crippen LogP contribution in [-0.4, -0.2) is 71.5 Å². The second-order valence-corrected chi connectivity index (χ2v) is 0. The van der Waals surface area contributed by atoms with Crippen molar-refractivity contribution in [2.75, 3.05) is 0 Å². The molecule has 5 heavy (non-hydrogen) atoms. The number of hydrogen-bond donors (Lipinski definition) is 0. The molecule has 0 rings (SSSR count). The van der Waals surface area contributed by atoms with Crippen LogP contribution in [0, 0.1) is 0 Å². The van der Waals surface area contributed by atoms with Crippen LogP contribution in [0.4, 0.5) is 0 Å². The molecule has 0 fully saturated rings. The maximum Gasteiger partial charge on any atom is 2.00 e. The topological polar surface area (TPSA) is 60.0 Å². The van der Waals surface area contributed by atoms with Crippen molar-refractivity contribution in [1.82, 2.24) is 0 Å². The van der Waals surface area contributed by atoms with E-state index in [9.17, 15) is 0 Å². The van der Waals surface area contributed by atoms with Gasteiger partial charge < -0.3 is 11.0 Å². The molecule has 0 aromatic rings. The van der Waals surface area contributed by atoms with Crippen molar-refractivity contribution in [2.24, 2.45) is 0 Å². The summed E-state index contributed by atoms with van der Waals surface area (Å²) >= 11 is 0. The second kappa shape index (κ2) is 38.7. The van der Waals surface area contributed by atoms with E-state index in [0.29, 0.717) is 0 Å². The summed E-state index contributed by atoms with van der Waals surface area (Å²) in [6, 6.07) is 0. The first-order valence-corrected chi connectivity index (χ1v) is 0. The van der Waals surface area contributed by atoms with E-state index in [-0.39, 0.29) is 77.0 Å². The van der Waals surface area contributed by atoms with E-state index in [0.717, 1.165) is 0 Å². The van der Waals surface area contributed by atoms with E-state index in [1.165, 1.54) is 0 Å². The van der Waals surface area contributed by atoms with Crippen LogP contribution >= 0.6 is 0 Å². The summed E-state index contributed by atoms with van der Waals surface area (Å²) < 4.78 is 0. The zero-order chi connectivity index (χ0) is 0. The fraction of sp³-hybridized carbons (Fsp3) is 0. The van der Waals surface area contributed by atoms with Crippen LogP contribution in [0.2, 0.25) is 0 Å². The summed E-state index contributed by atoms with van der Waals surface area (Å²) in [7, 11) is 0. The third-order valence-electron chi connectivity index (χ3n) is 0. The molecule has 0 bridgehead atoms. The molecule has 0 amide bonds. The first-order chi connectivity index (χ1) is 0. The molecule has 0 saturated heterocycles. The molecule has 0 aliphatic rings. The molecule has 7 radical (unpaired) electrons. The number of hydrogen-bond acceptors (Lipinski definition) is 0. The van der Waals surface area contributed by atoms with E-state index in [1.54, 1.807) is 0 Å². The molecule has 23 valence electrons. The maximum absolute atomic E-state index is 0. The molecule has 0 aromatic carbocycles. The van der Waals surface area contributed by atoms with Crippen LogP contribution in [0.15, 0.2) is 0 Å². The van der Waals surface area contributed by atoms with Gasteiger partial charge in [0.1, 0.15) is 0 Å². The predicted octanol–water partition coefficient (Wildman–Crippen LogP) is -2.09. The first-order valence-electron chi connectivity index (χ1n) is 0. The van der Waals surface area contributed by atoms with E-state index in [2.05, 4.69) is 0 Å². The summed E-state index contributed by atoms with van der Waals surface area (Å²) in [5.74, 6) is 0. The summed E-state index contributed by atoms with van der Waals surface area (Å²) in [6.45, 7) is 0. The average molecular weight is 129 g/mol. The zero-order valence-electron chi connectivity index (χ0n) is 2.69. The third-order valence-corrected chi connectivity index (χ3v) is 0. The van der Waals surface area contributed by atoms with Gasteiger partial charge in [-0.05, 0) is 0 Å². The maximum atomic E-state index is 0. The molecule has 0 saturated carbocycles. The van der Waals surface area contributed by atoms with Crippen molar-refractivity contribution in [3.8, 4) is 0 Å². The van der Waals surface area contributed by atoms with E-state index in [4.69, 9.17) is 0 Å². The van der Waals surface area contributed by atoms with Gasteiger partial charge in [0, 0.05) is 28.3 Å². The van der Waals surface area contributed by atoms with Gasteiger partial charge in [0.15, 0.2) is 0 Å². The Bertz CT molecular complexity index is 9.61. The molecule has 0 spiro atoms. The van der Waals surface area contributed by atoms with Gasteiger partial charge in [0.25, 0.3) is 0 Å². The molecule has 0 unspecified atom stereocenters. The standard InChI is InChI=1S/Al.Ca.H2O.O.Si/h;;1H2;;/q;+2;;-2;. The Labute approximate surface area is 76.1 Å². The summed E-state index contributed by atoms with van der Waals surface area (Å²) in [6.07, 6.45) is 0. The Balaban J connectivity index is 0. The quantitative estimate of drug-likeness (QED) is 0.337. The van der Waals surface area contributed by atoms with Crippen molar-refractivity contribution >= 4 is 66.1 Å². The Morgan fingerprint density at radius 3 is 1.00 bits per heavy atom. The van der Waals surface area contributed by atoms with Gasteiger partial charge >= 0.3 is 37.7 Å². The summed E-state index contributed by atoms with van der Waals surface area (Å²) in [4.78, 5) is 0. The van der Waals surface area contributed by atoms with Crippen molar-refractivity contribution in [2.45, 2.75) is 0 Å². The van der Waals surface area contributed by atoms with Gasteiger partial charge in [0.2, 0.25) is 0 Å². The van der Waals surface area contributed by atoms with Crippen molar-refractivity contribution in [1.29, 1.82) is 0 Å². The van der Waals surface area contributed by atoms with Crippen molar-refractivity contribution in [3.05, 3.63) is 0 Å². The molecule has 0 aromatic heterocycles. The fourth-order valence-corrected chi connectivity index (χ4v) is 0. The van der Waals surface area contributed by atoms with Gasteiger partial charge in [-0.25, -0.2) is 0 Å². The molecule has 0 aliphatic carbocycles. The minimum Gasteiger partial charge on any atom is -2.00 e. The molecular weight excluding hydrogens is 127 g/mol. The largest absolute Gasteiger partial charge is 2.00 e. The molecule has 0 heterocycles. The minimum absolute atomic E-state index is 0. The van der Waals surface area contributed by atoms with Crippen LogP contribution in [0.3, 0.4) is 0 Å². The predicted molar refractivity (Wildman–Crippen MR) is 21.6 cm³/mol. The zero-order valence-corrected chi connectivity index (χ0v) is 7.06. The Morgan fingerprint density at radius 1 is 1.00 bits per heavy atom. The SMILES string of the molecule is O.[Al].[Ca+2].[O-2].[Si]. The normalized spacial score (nSPS) is 0. The second-order valence-electron chi connectivity index (χ2n) is 0. The molecule has 2 N–H and O–H groups in total. The average Bonchev–Trinajstić information content (AvgIpc) is 0. The van der Waals surface area contributed by atoms with Crippen molar-refractivity contribution < 1.29 is 11.0 Å². The van der Waals surface area contributed by atoms with Crippen LogP contribution in [0.5, 0.6) is 0 Å². The minimum atomic E-state index is 0. The van der Waals surface area contributed by atoms with Crippen LogP contribution in [0.25, 0.3) is 0 Å². The van der Waals surface area contributed by atoms with Crippen LogP contribution in [-0.2, 0) is 5.48 Å². The Hall–Kier alpha value is 1.93. The Kier molecular flexibility index (Phi) is 507. The van der Waals surface area contributed by atoms with Gasteiger partial charge in [0.05, 0.1) is 0 Å². The van der Waals surface area contributed by atoms with Crippen molar-refractivity contribution in [3.63, 3.8) is 0 Å². The monoisotopic (exact) mass is 129 g/mol. The molecule has 0 aliphatic heterocycles. The Morgan fingerprint density at radius 2 is 1.00 bits per heavy atom. The van der Waals surface area contributed by atoms with Crippen LogP contribution < -0.4 is 0 Å². The van der Waals surface area contributed by atoms with E-state index < -0.39 is 0 Å². The van der Waals surface area contributed by atoms with Gasteiger partial charge in [-0.3, -0.25) is 0 Å².